The Balaban J connectivity index is 2.51. The molecule has 0 unspecified atom stereocenters. The van der Waals surface area contributed by atoms with Crippen LogP contribution < -0.4 is 4.74 Å². The van der Waals surface area contributed by atoms with E-state index >= 15 is 0 Å². The maximum atomic E-state index is 10.7. The molecule has 0 aliphatic heterocycles. The van der Waals surface area contributed by atoms with Gasteiger partial charge in [-0.1, -0.05) is 12.1 Å². The number of H-pyrrole nitrogens is 1. The fourth-order valence-electron chi connectivity index (χ4n) is 1.55. The summed E-state index contributed by atoms with van der Waals surface area (Å²) < 4.78 is 6.20. The quantitative estimate of drug-likeness (QED) is 0.882. The molecule has 2 rings (SSSR count). The van der Waals surface area contributed by atoms with Crippen LogP contribution in [-0.2, 0) is 0 Å². The van der Waals surface area contributed by atoms with Crippen molar-refractivity contribution in [1.29, 1.82) is 0 Å². The second-order valence-corrected chi connectivity index (χ2v) is 4.12. The first-order valence-corrected chi connectivity index (χ1v) is 5.98. The van der Waals surface area contributed by atoms with Crippen LogP contribution >= 0.6 is 15.9 Å². The van der Waals surface area contributed by atoms with E-state index in [2.05, 4.69) is 25.9 Å². The number of imidazole rings is 1. The number of carbonyl (C=O) groups excluding carboxylic acids is 1. The number of rotatable bonds is 4. The number of hydrogen-bond donors (Lipinski definition) is 1. The molecular formula is C12H11BrN2O2. The van der Waals surface area contributed by atoms with E-state index < -0.39 is 0 Å². The molecule has 0 radical (unpaired) electrons. The van der Waals surface area contributed by atoms with Crippen LogP contribution in [0.4, 0.5) is 0 Å². The molecule has 1 heterocycles. The van der Waals surface area contributed by atoms with Crippen LogP contribution in [0.15, 0.2) is 28.9 Å². The molecule has 0 spiro atoms. The van der Waals surface area contributed by atoms with Crippen molar-refractivity contribution < 1.29 is 9.53 Å². The first-order chi connectivity index (χ1) is 8.26. The Labute approximate surface area is 107 Å². The third kappa shape index (κ3) is 2.39. The molecule has 0 atom stereocenters. The third-order valence-electron chi connectivity index (χ3n) is 2.23. The highest BCUT2D eigenvalue weighted by Gasteiger charge is 2.13. The molecule has 5 heteroatoms. The Morgan fingerprint density at radius 1 is 1.47 bits per heavy atom. The fraction of sp³-hybridized carbons (Fsp3) is 0.167. The number of hydrogen-bond acceptors (Lipinski definition) is 3. The van der Waals surface area contributed by atoms with E-state index in [-0.39, 0.29) is 5.82 Å². The van der Waals surface area contributed by atoms with Gasteiger partial charge in [0.05, 0.1) is 6.61 Å². The standard InChI is InChI=1S/C12H11BrN2O2/c1-2-17-9-6-4-3-5-8(9)11-12(13)15-10(7-16)14-11/h3-7H,2H2,1H3,(H,14,15). The second kappa shape index (κ2) is 5.14. The molecule has 0 aliphatic rings. The SMILES string of the molecule is CCOc1ccccc1-c1nc(C=O)[nH]c1Br. The van der Waals surface area contributed by atoms with Crippen LogP contribution in [0.5, 0.6) is 5.75 Å². The van der Waals surface area contributed by atoms with E-state index in [1.807, 2.05) is 31.2 Å². The Bertz CT molecular complexity index is 537. The summed E-state index contributed by atoms with van der Waals surface area (Å²) in [6, 6.07) is 7.58. The number of nitrogens with one attached hydrogen (secondary N) is 1. The second-order valence-electron chi connectivity index (χ2n) is 3.33. The summed E-state index contributed by atoms with van der Waals surface area (Å²) in [7, 11) is 0. The van der Waals surface area contributed by atoms with Gasteiger partial charge in [0, 0.05) is 5.56 Å². The van der Waals surface area contributed by atoms with E-state index in [4.69, 9.17) is 4.74 Å². The van der Waals surface area contributed by atoms with Crippen molar-refractivity contribution in [2.75, 3.05) is 6.61 Å². The van der Waals surface area contributed by atoms with Crippen molar-refractivity contribution in [3.63, 3.8) is 0 Å². The van der Waals surface area contributed by atoms with Crippen LogP contribution in [0.2, 0.25) is 0 Å². The zero-order valence-electron chi connectivity index (χ0n) is 9.24. The number of benzene rings is 1. The normalized spacial score (nSPS) is 10.2. The molecule has 1 N–H and O–H groups in total. The molecule has 0 saturated carbocycles. The largest absolute Gasteiger partial charge is 0.493 e. The molecule has 88 valence electrons. The van der Waals surface area contributed by atoms with Gasteiger partial charge in [-0.3, -0.25) is 4.79 Å². The lowest BCUT2D eigenvalue weighted by atomic mass is 10.1. The number of aldehydes is 1. The number of carbonyl (C=O) groups is 1. The topological polar surface area (TPSA) is 55.0 Å². The van der Waals surface area contributed by atoms with Crippen molar-refractivity contribution in [3.05, 3.63) is 34.7 Å². The van der Waals surface area contributed by atoms with Gasteiger partial charge in [0.1, 0.15) is 16.0 Å². The Hall–Kier alpha value is -1.62. The van der Waals surface area contributed by atoms with Gasteiger partial charge in [-0.05, 0) is 35.0 Å². The van der Waals surface area contributed by atoms with E-state index in [1.54, 1.807) is 0 Å². The minimum Gasteiger partial charge on any atom is -0.493 e. The maximum Gasteiger partial charge on any atom is 0.185 e. The fourth-order valence-corrected chi connectivity index (χ4v) is 2.05. The van der Waals surface area contributed by atoms with Crippen molar-refractivity contribution in [3.8, 4) is 17.0 Å². The van der Waals surface area contributed by atoms with Crippen molar-refractivity contribution in [1.82, 2.24) is 9.97 Å². The summed E-state index contributed by atoms with van der Waals surface area (Å²) in [5.41, 5.74) is 1.53. The predicted molar refractivity (Wildman–Crippen MR) is 68.3 cm³/mol. The van der Waals surface area contributed by atoms with Gasteiger partial charge in [0.2, 0.25) is 0 Å². The molecule has 0 aliphatic carbocycles. The molecule has 0 fully saturated rings. The highest BCUT2D eigenvalue weighted by molar-refractivity contribution is 9.10. The van der Waals surface area contributed by atoms with Crippen molar-refractivity contribution >= 4 is 22.2 Å². The minimum atomic E-state index is 0.290. The van der Waals surface area contributed by atoms with Gasteiger partial charge >= 0.3 is 0 Å². The van der Waals surface area contributed by atoms with E-state index in [0.717, 1.165) is 11.3 Å². The first kappa shape index (κ1) is 11.9. The summed E-state index contributed by atoms with van der Waals surface area (Å²) in [4.78, 5) is 17.7. The van der Waals surface area contributed by atoms with E-state index in [1.165, 1.54) is 0 Å². The predicted octanol–water partition coefficient (Wildman–Crippen LogP) is 3.05. The third-order valence-corrected chi connectivity index (χ3v) is 2.81. The number of aromatic amines is 1. The van der Waals surface area contributed by atoms with E-state index in [0.29, 0.717) is 23.2 Å². The molecule has 17 heavy (non-hydrogen) atoms. The van der Waals surface area contributed by atoms with Crippen LogP contribution in [-0.4, -0.2) is 22.9 Å². The molecule has 2 aromatic rings. The Morgan fingerprint density at radius 2 is 2.24 bits per heavy atom. The highest BCUT2D eigenvalue weighted by Crippen LogP contribution is 2.33. The van der Waals surface area contributed by atoms with Gasteiger partial charge in [0.25, 0.3) is 0 Å². The maximum absolute atomic E-state index is 10.7. The Morgan fingerprint density at radius 3 is 2.88 bits per heavy atom. The lowest BCUT2D eigenvalue weighted by molar-refractivity contribution is 0.111. The summed E-state index contributed by atoms with van der Waals surface area (Å²) in [5, 5.41) is 0. The van der Waals surface area contributed by atoms with Gasteiger partial charge in [-0.25, -0.2) is 4.98 Å². The number of aromatic nitrogens is 2. The Kier molecular flexibility index (Phi) is 3.58. The smallest absolute Gasteiger partial charge is 0.185 e. The van der Waals surface area contributed by atoms with Crippen LogP contribution in [0.3, 0.4) is 0 Å². The van der Waals surface area contributed by atoms with Gasteiger partial charge in [-0.2, -0.15) is 0 Å². The van der Waals surface area contributed by atoms with Gasteiger partial charge in [0.15, 0.2) is 12.1 Å². The molecule has 1 aromatic carbocycles. The number of nitrogens with zero attached hydrogens (tertiary/aromatic N) is 1. The van der Waals surface area contributed by atoms with Crippen LogP contribution in [0, 0.1) is 0 Å². The van der Waals surface area contributed by atoms with Gasteiger partial charge in [-0.15, -0.1) is 0 Å². The number of ether oxygens (including phenoxy) is 1. The average molecular weight is 295 g/mol. The van der Waals surface area contributed by atoms with Crippen molar-refractivity contribution in [2.24, 2.45) is 0 Å². The highest BCUT2D eigenvalue weighted by atomic mass is 79.9. The summed E-state index contributed by atoms with van der Waals surface area (Å²) >= 11 is 3.35. The average Bonchev–Trinajstić information content (AvgIpc) is 2.72. The zero-order valence-corrected chi connectivity index (χ0v) is 10.8. The van der Waals surface area contributed by atoms with Crippen LogP contribution in [0.1, 0.15) is 17.5 Å². The monoisotopic (exact) mass is 294 g/mol. The summed E-state index contributed by atoms with van der Waals surface area (Å²) in [5.74, 6) is 1.04. The minimum absolute atomic E-state index is 0.290. The molecule has 0 amide bonds. The summed E-state index contributed by atoms with van der Waals surface area (Å²) in [6.07, 6.45) is 0.678. The van der Waals surface area contributed by atoms with E-state index in [9.17, 15) is 4.79 Å². The first-order valence-electron chi connectivity index (χ1n) is 5.19. The number of halogens is 1. The molecule has 4 nitrogen and oxygen atoms in total. The lowest BCUT2D eigenvalue weighted by Gasteiger charge is -2.07. The lowest BCUT2D eigenvalue weighted by Crippen LogP contribution is -1.94. The molecule has 1 aromatic heterocycles. The summed E-state index contributed by atoms with van der Waals surface area (Å²) in [6.45, 7) is 2.51. The zero-order chi connectivity index (χ0) is 12.3. The van der Waals surface area contributed by atoms with Crippen LogP contribution in [0.25, 0.3) is 11.3 Å². The molecule has 0 saturated heterocycles. The molecular weight excluding hydrogens is 284 g/mol. The number of para-hydroxylation sites is 1. The van der Waals surface area contributed by atoms with Crippen molar-refractivity contribution in [2.45, 2.75) is 6.92 Å². The van der Waals surface area contributed by atoms with Gasteiger partial charge < -0.3 is 9.72 Å². The molecule has 0 bridgehead atoms.